The fourth-order valence-electron chi connectivity index (χ4n) is 1.88. The van der Waals surface area contributed by atoms with Crippen LogP contribution < -0.4 is 5.73 Å². The van der Waals surface area contributed by atoms with Crippen LogP contribution >= 0.6 is 0 Å². The summed E-state index contributed by atoms with van der Waals surface area (Å²) in [6.07, 6.45) is 2.96. The van der Waals surface area contributed by atoms with Crippen LogP contribution in [0.4, 0.5) is 5.69 Å². The van der Waals surface area contributed by atoms with Gasteiger partial charge in [-0.3, -0.25) is 4.98 Å². The van der Waals surface area contributed by atoms with E-state index in [2.05, 4.69) is 35.9 Å². The molecule has 0 saturated carbocycles. The van der Waals surface area contributed by atoms with Crippen LogP contribution in [0.5, 0.6) is 0 Å². The Morgan fingerprint density at radius 1 is 1.32 bits per heavy atom. The summed E-state index contributed by atoms with van der Waals surface area (Å²) >= 11 is 0. The molecular weight excluding hydrogens is 244 g/mol. The second-order valence-electron chi connectivity index (χ2n) is 5.45. The Labute approximate surface area is 112 Å². The lowest BCUT2D eigenvalue weighted by Crippen LogP contribution is -2.21. The quantitative estimate of drug-likeness (QED) is 0.914. The molecule has 0 bridgehead atoms. The molecule has 0 fully saturated rings. The molecule has 102 valence electrons. The maximum absolute atomic E-state index is 5.68. The molecule has 2 heterocycles. The molecule has 6 heteroatoms. The second-order valence-corrected chi connectivity index (χ2v) is 5.45. The van der Waals surface area contributed by atoms with Crippen molar-refractivity contribution < 1.29 is 9.26 Å². The van der Waals surface area contributed by atoms with E-state index in [-0.39, 0.29) is 11.5 Å². The van der Waals surface area contributed by atoms with Crippen LogP contribution in [0.25, 0.3) is 11.5 Å². The van der Waals surface area contributed by atoms with E-state index < -0.39 is 0 Å². The van der Waals surface area contributed by atoms with Crippen molar-refractivity contribution in [3.8, 4) is 11.5 Å². The van der Waals surface area contributed by atoms with Crippen LogP contribution in [0.1, 0.15) is 32.7 Å². The van der Waals surface area contributed by atoms with Gasteiger partial charge in [-0.15, -0.1) is 0 Å². The molecule has 1 unspecified atom stereocenters. The van der Waals surface area contributed by atoms with Crippen molar-refractivity contribution in [2.45, 2.75) is 26.9 Å². The molecule has 0 saturated heterocycles. The molecule has 2 N–H and O–H groups in total. The number of hydrogen-bond donors (Lipinski definition) is 1. The standard InChI is InChI=1S/C13H18N4O2/c1-13(2,3)10(18-4)11-16-12(19-17-11)8-5-9(14)7-15-6-8/h5-7,10H,14H2,1-4H3. The van der Waals surface area contributed by atoms with Gasteiger partial charge in [-0.1, -0.05) is 25.9 Å². The van der Waals surface area contributed by atoms with Crippen molar-refractivity contribution in [1.29, 1.82) is 0 Å². The fraction of sp³-hybridized carbons (Fsp3) is 0.462. The molecule has 2 rings (SSSR count). The number of methoxy groups -OCH3 is 1. The molecule has 0 spiro atoms. The zero-order chi connectivity index (χ0) is 14.0. The van der Waals surface area contributed by atoms with Gasteiger partial charge >= 0.3 is 0 Å². The van der Waals surface area contributed by atoms with Crippen LogP contribution in [-0.4, -0.2) is 22.2 Å². The molecule has 0 amide bonds. The number of anilines is 1. The molecule has 6 nitrogen and oxygen atoms in total. The van der Waals surface area contributed by atoms with E-state index in [0.717, 1.165) is 0 Å². The number of nitrogens with two attached hydrogens (primary N) is 1. The topological polar surface area (TPSA) is 87.1 Å². The summed E-state index contributed by atoms with van der Waals surface area (Å²) < 4.78 is 10.7. The lowest BCUT2D eigenvalue weighted by Gasteiger charge is -2.26. The van der Waals surface area contributed by atoms with Gasteiger partial charge in [-0.2, -0.15) is 4.98 Å². The van der Waals surface area contributed by atoms with Gasteiger partial charge in [0, 0.05) is 19.5 Å². The van der Waals surface area contributed by atoms with Crippen LogP contribution in [0, 0.1) is 5.41 Å². The molecule has 0 radical (unpaired) electrons. The minimum atomic E-state index is -0.237. The number of nitrogen functional groups attached to an aromatic ring is 1. The molecule has 2 aromatic rings. The Bertz CT molecular complexity index is 560. The van der Waals surface area contributed by atoms with Gasteiger partial charge in [0.05, 0.1) is 11.3 Å². The van der Waals surface area contributed by atoms with E-state index in [1.165, 1.54) is 0 Å². The van der Waals surface area contributed by atoms with E-state index >= 15 is 0 Å². The first-order valence-corrected chi connectivity index (χ1v) is 5.99. The number of aromatic nitrogens is 3. The Morgan fingerprint density at radius 2 is 2.05 bits per heavy atom. The monoisotopic (exact) mass is 262 g/mol. The minimum absolute atomic E-state index is 0.121. The summed E-state index contributed by atoms with van der Waals surface area (Å²) in [5.74, 6) is 0.911. The average molecular weight is 262 g/mol. The fourth-order valence-corrected chi connectivity index (χ4v) is 1.88. The summed E-state index contributed by atoms with van der Waals surface area (Å²) in [6.45, 7) is 6.16. The van der Waals surface area contributed by atoms with E-state index in [9.17, 15) is 0 Å². The first-order chi connectivity index (χ1) is 8.91. The average Bonchev–Trinajstić information content (AvgIpc) is 2.77. The van der Waals surface area contributed by atoms with Crippen molar-refractivity contribution in [3.05, 3.63) is 24.3 Å². The van der Waals surface area contributed by atoms with Gasteiger partial charge < -0.3 is 15.0 Å². The molecular formula is C13H18N4O2. The largest absolute Gasteiger partial charge is 0.397 e. The highest BCUT2D eigenvalue weighted by molar-refractivity contribution is 5.57. The van der Waals surface area contributed by atoms with Crippen molar-refractivity contribution in [1.82, 2.24) is 15.1 Å². The van der Waals surface area contributed by atoms with Crippen molar-refractivity contribution in [2.75, 3.05) is 12.8 Å². The van der Waals surface area contributed by atoms with Crippen LogP contribution in [0.2, 0.25) is 0 Å². The van der Waals surface area contributed by atoms with Crippen LogP contribution in [-0.2, 0) is 4.74 Å². The Hall–Kier alpha value is -1.95. The predicted molar refractivity (Wildman–Crippen MR) is 71.1 cm³/mol. The van der Waals surface area contributed by atoms with Crippen LogP contribution in [0.3, 0.4) is 0 Å². The number of rotatable bonds is 3. The third kappa shape index (κ3) is 2.90. The number of pyridine rings is 1. The summed E-state index contributed by atoms with van der Waals surface area (Å²) in [5.41, 5.74) is 6.81. The van der Waals surface area contributed by atoms with Gasteiger partial charge in [0.15, 0.2) is 0 Å². The first-order valence-electron chi connectivity index (χ1n) is 5.99. The summed E-state index contributed by atoms with van der Waals surface area (Å²) in [4.78, 5) is 8.36. The summed E-state index contributed by atoms with van der Waals surface area (Å²) in [5, 5.41) is 3.98. The minimum Gasteiger partial charge on any atom is -0.397 e. The Balaban J connectivity index is 2.33. The predicted octanol–water partition coefficient (Wildman–Crippen LogP) is 2.45. The van der Waals surface area contributed by atoms with Gasteiger partial charge in [0.25, 0.3) is 5.89 Å². The molecule has 0 aromatic carbocycles. The number of ether oxygens (including phenoxy) is 1. The van der Waals surface area contributed by atoms with E-state index in [4.69, 9.17) is 15.0 Å². The molecule has 0 aliphatic rings. The van der Waals surface area contributed by atoms with E-state index in [0.29, 0.717) is 23.0 Å². The SMILES string of the molecule is COC(c1noc(-c2cncc(N)c2)n1)C(C)(C)C. The molecule has 2 aromatic heterocycles. The molecule has 0 aliphatic carbocycles. The van der Waals surface area contributed by atoms with Crippen molar-refractivity contribution >= 4 is 5.69 Å². The van der Waals surface area contributed by atoms with Gasteiger partial charge in [0.1, 0.15) is 6.10 Å². The normalized spacial score (nSPS) is 13.5. The van der Waals surface area contributed by atoms with Crippen molar-refractivity contribution in [2.24, 2.45) is 5.41 Å². The maximum Gasteiger partial charge on any atom is 0.259 e. The number of nitrogens with zero attached hydrogens (tertiary/aromatic N) is 3. The molecule has 19 heavy (non-hydrogen) atoms. The highest BCUT2D eigenvalue weighted by atomic mass is 16.5. The van der Waals surface area contributed by atoms with E-state index in [1.54, 1.807) is 25.6 Å². The number of hydrogen-bond acceptors (Lipinski definition) is 6. The van der Waals surface area contributed by atoms with E-state index in [1.807, 2.05) is 0 Å². The first kappa shape index (κ1) is 13.5. The zero-order valence-electron chi connectivity index (χ0n) is 11.5. The zero-order valence-corrected chi connectivity index (χ0v) is 11.5. The summed E-state index contributed by atoms with van der Waals surface area (Å²) in [6, 6.07) is 1.74. The Kier molecular flexibility index (Phi) is 3.53. The molecule has 0 aliphatic heterocycles. The lowest BCUT2D eigenvalue weighted by molar-refractivity contribution is 0.00718. The lowest BCUT2D eigenvalue weighted by atomic mass is 9.88. The van der Waals surface area contributed by atoms with Gasteiger partial charge in [-0.25, -0.2) is 0 Å². The smallest absolute Gasteiger partial charge is 0.259 e. The second kappa shape index (κ2) is 4.97. The maximum atomic E-state index is 5.68. The van der Waals surface area contributed by atoms with Crippen LogP contribution in [0.15, 0.2) is 23.0 Å². The van der Waals surface area contributed by atoms with Crippen molar-refractivity contribution in [3.63, 3.8) is 0 Å². The highest BCUT2D eigenvalue weighted by Crippen LogP contribution is 2.34. The third-order valence-electron chi connectivity index (χ3n) is 2.70. The highest BCUT2D eigenvalue weighted by Gasteiger charge is 2.30. The summed E-state index contributed by atoms with van der Waals surface area (Å²) in [7, 11) is 1.63. The molecule has 1 atom stereocenters. The van der Waals surface area contributed by atoms with Gasteiger partial charge in [0.2, 0.25) is 5.82 Å². The third-order valence-corrected chi connectivity index (χ3v) is 2.70. The Morgan fingerprint density at radius 3 is 2.63 bits per heavy atom. The van der Waals surface area contributed by atoms with Gasteiger partial charge in [-0.05, 0) is 11.5 Å².